The van der Waals surface area contributed by atoms with Gasteiger partial charge in [0.05, 0.1) is 12.2 Å². The number of aldehydes is 1. The Balaban J connectivity index is 0. The molecule has 4 heteroatoms. The standard InChI is InChI=1S/C9H21NO.C8H16O2/c1-9(2)11-8-6-4-5-7-10-3;1-8(2)10-7-5-3-4-6-9/h9-10H,4-8H2,1-3H3;6,8H,3-5,7H2,1-2H3. The van der Waals surface area contributed by atoms with Gasteiger partial charge in [0.25, 0.3) is 0 Å². The van der Waals surface area contributed by atoms with Crippen LogP contribution in [0.5, 0.6) is 0 Å². The highest BCUT2D eigenvalue weighted by atomic mass is 16.5. The summed E-state index contributed by atoms with van der Waals surface area (Å²) in [7, 11) is 1.99. The van der Waals surface area contributed by atoms with Crippen molar-refractivity contribution in [3.05, 3.63) is 0 Å². The Hall–Kier alpha value is -0.450. The van der Waals surface area contributed by atoms with Gasteiger partial charge in [0, 0.05) is 19.6 Å². The minimum absolute atomic E-state index is 0.316. The first-order valence-corrected chi connectivity index (χ1v) is 8.36. The van der Waals surface area contributed by atoms with Gasteiger partial charge in [-0.25, -0.2) is 0 Å². The van der Waals surface area contributed by atoms with Crippen LogP contribution in [0.1, 0.15) is 66.2 Å². The molecular formula is C17H37NO3. The summed E-state index contributed by atoms with van der Waals surface area (Å²) in [6, 6.07) is 0. The number of hydrogen-bond donors (Lipinski definition) is 1. The van der Waals surface area contributed by atoms with Crippen LogP contribution in [0.25, 0.3) is 0 Å². The average Bonchev–Trinajstić information content (AvgIpc) is 2.42. The molecule has 0 radical (unpaired) electrons. The lowest BCUT2D eigenvalue weighted by molar-refractivity contribution is -0.108. The largest absolute Gasteiger partial charge is 0.379 e. The van der Waals surface area contributed by atoms with Crippen LogP contribution in [-0.4, -0.2) is 45.3 Å². The molecular weight excluding hydrogens is 266 g/mol. The van der Waals surface area contributed by atoms with Gasteiger partial charge in [0.1, 0.15) is 6.29 Å². The fraction of sp³-hybridized carbons (Fsp3) is 0.941. The first kappa shape index (κ1) is 22.8. The van der Waals surface area contributed by atoms with E-state index in [1.165, 1.54) is 19.3 Å². The average molecular weight is 303 g/mol. The van der Waals surface area contributed by atoms with E-state index in [4.69, 9.17) is 9.47 Å². The monoisotopic (exact) mass is 303 g/mol. The smallest absolute Gasteiger partial charge is 0.119 e. The highest BCUT2D eigenvalue weighted by Gasteiger charge is 1.92. The molecule has 0 amide bonds. The number of hydrogen-bond acceptors (Lipinski definition) is 4. The van der Waals surface area contributed by atoms with Crippen LogP contribution in [0, 0.1) is 0 Å². The van der Waals surface area contributed by atoms with Gasteiger partial charge in [-0.15, -0.1) is 0 Å². The van der Waals surface area contributed by atoms with Gasteiger partial charge < -0.3 is 19.6 Å². The second-order valence-corrected chi connectivity index (χ2v) is 5.67. The number of nitrogens with one attached hydrogen (secondary N) is 1. The zero-order valence-corrected chi connectivity index (χ0v) is 14.8. The maximum atomic E-state index is 9.86. The van der Waals surface area contributed by atoms with Gasteiger partial charge >= 0.3 is 0 Å². The molecule has 0 fully saturated rings. The predicted molar refractivity (Wildman–Crippen MR) is 89.9 cm³/mol. The van der Waals surface area contributed by atoms with Crippen molar-refractivity contribution < 1.29 is 14.3 Å². The summed E-state index contributed by atoms with van der Waals surface area (Å²) in [6.45, 7) is 11.0. The molecule has 4 nitrogen and oxygen atoms in total. The third-order valence-electron chi connectivity index (χ3n) is 2.69. The molecule has 0 bridgehead atoms. The molecule has 0 heterocycles. The van der Waals surface area contributed by atoms with Crippen LogP contribution < -0.4 is 5.32 Å². The number of carbonyl (C=O) groups is 1. The van der Waals surface area contributed by atoms with E-state index < -0.39 is 0 Å². The van der Waals surface area contributed by atoms with Crippen molar-refractivity contribution in [2.75, 3.05) is 26.8 Å². The summed E-state index contributed by atoms with van der Waals surface area (Å²) < 4.78 is 10.7. The molecule has 128 valence electrons. The molecule has 0 rings (SSSR count). The van der Waals surface area contributed by atoms with Crippen molar-refractivity contribution in [1.29, 1.82) is 0 Å². The third kappa shape index (κ3) is 28.4. The van der Waals surface area contributed by atoms with Crippen molar-refractivity contribution in [2.45, 2.75) is 78.4 Å². The van der Waals surface area contributed by atoms with Crippen molar-refractivity contribution in [3.8, 4) is 0 Å². The Kier molecular flexibility index (Phi) is 21.2. The second kappa shape index (κ2) is 19.6. The molecule has 0 atom stereocenters. The van der Waals surface area contributed by atoms with E-state index in [-0.39, 0.29) is 0 Å². The number of rotatable bonds is 13. The highest BCUT2D eigenvalue weighted by molar-refractivity contribution is 5.48. The molecule has 0 aromatic heterocycles. The maximum Gasteiger partial charge on any atom is 0.119 e. The van der Waals surface area contributed by atoms with Crippen molar-refractivity contribution in [1.82, 2.24) is 5.32 Å². The number of unbranched alkanes of at least 4 members (excludes halogenated alkanes) is 4. The summed E-state index contributed by atoms with van der Waals surface area (Å²) in [4.78, 5) is 9.86. The Labute approximate surface area is 132 Å². The summed E-state index contributed by atoms with van der Waals surface area (Å²) in [6.07, 6.45) is 8.01. The molecule has 0 aromatic carbocycles. The Morgan fingerprint density at radius 1 is 0.857 bits per heavy atom. The van der Waals surface area contributed by atoms with Gasteiger partial charge in [-0.2, -0.15) is 0 Å². The second-order valence-electron chi connectivity index (χ2n) is 5.67. The summed E-state index contributed by atoms with van der Waals surface area (Å²) in [5, 5.41) is 3.13. The third-order valence-corrected chi connectivity index (χ3v) is 2.69. The molecule has 0 saturated heterocycles. The first-order valence-electron chi connectivity index (χ1n) is 8.36. The fourth-order valence-corrected chi connectivity index (χ4v) is 1.55. The first-order chi connectivity index (χ1) is 10.0. The summed E-state index contributed by atoms with van der Waals surface area (Å²) in [5.41, 5.74) is 0. The van der Waals surface area contributed by atoms with E-state index in [0.29, 0.717) is 18.6 Å². The highest BCUT2D eigenvalue weighted by Crippen LogP contribution is 1.97. The van der Waals surface area contributed by atoms with Crippen LogP contribution in [0.3, 0.4) is 0 Å². The van der Waals surface area contributed by atoms with Gasteiger partial charge in [-0.1, -0.05) is 0 Å². The molecule has 0 aliphatic carbocycles. The Morgan fingerprint density at radius 2 is 1.38 bits per heavy atom. The topological polar surface area (TPSA) is 47.6 Å². The van der Waals surface area contributed by atoms with Gasteiger partial charge in [0.15, 0.2) is 0 Å². The lowest BCUT2D eigenvalue weighted by Gasteiger charge is -2.06. The SMILES string of the molecule is CC(C)OCCCCC=O.CNCCCCCOC(C)C. The molecule has 0 aliphatic heterocycles. The van der Waals surface area contributed by atoms with Gasteiger partial charge in [-0.3, -0.25) is 0 Å². The van der Waals surface area contributed by atoms with E-state index in [9.17, 15) is 4.79 Å². The van der Waals surface area contributed by atoms with Crippen LogP contribution in [0.2, 0.25) is 0 Å². The fourth-order valence-electron chi connectivity index (χ4n) is 1.55. The van der Waals surface area contributed by atoms with Gasteiger partial charge in [0.2, 0.25) is 0 Å². The maximum absolute atomic E-state index is 9.86. The number of ether oxygens (including phenoxy) is 2. The van der Waals surface area contributed by atoms with Gasteiger partial charge in [-0.05, 0) is 73.4 Å². The minimum Gasteiger partial charge on any atom is -0.379 e. The van der Waals surface area contributed by atoms with E-state index in [0.717, 1.165) is 38.9 Å². The zero-order chi connectivity index (χ0) is 16.3. The molecule has 1 N–H and O–H groups in total. The summed E-state index contributed by atoms with van der Waals surface area (Å²) in [5.74, 6) is 0. The molecule has 0 aromatic rings. The lowest BCUT2D eigenvalue weighted by atomic mass is 10.2. The van der Waals surface area contributed by atoms with Crippen molar-refractivity contribution in [3.63, 3.8) is 0 Å². The van der Waals surface area contributed by atoms with Crippen molar-refractivity contribution >= 4 is 6.29 Å². The van der Waals surface area contributed by atoms with Crippen LogP contribution in [0.15, 0.2) is 0 Å². The van der Waals surface area contributed by atoms with Crippen LogP contribution >= 0.6 is 0 Å². The molecule has 0 unspecified atom stereocenters. The van der Waals surface area contributed by atoms with E-state index in [2.05, 4.69) is 19.2 Å². The molecule has 21 heavy (non-hydrogen) atoms. The Bertz CT molecular complexity index is 196. The Morgan fingerprint density at radius 3 is 1.81 bits per heavy atom. The predicted octanol–water partition coefficient (Wildman–Crippen LogP) is 3.58. The normalized spacial score (nSPS) is 10.6. The van der Waals surface area contributed by atoms with Crippen LogP contribution in [-0.2, 0) is 14.3 Å². The zero-order valence-electron chi connectivity index (χ0n) is 14.8. The minimum atomic E-state index is 0.316. The quantitative estimate of drug-likeness (QED) is 0.417. The van der Waals surface area contributed by atoms with E-state index >= 15 is 0 Å². The molecule has 0 aliphatic rings. The summed E-state index contributed by atoms with van der Waals surface area (Å²) >= 11 is 0. The number of carbonyl (C=O) groups excluding carboxylic acids is 1. The van der Waals surface area contributed by atoms with Crippen LogP contribution in [0.4, 0.5) is 0 Å². The van der Waals surface area contributed by atoms with E-state index in [1.807, 2.05) is 20.9 Å². The van der Waals surface area contributed by atoms with E-state index in [1.54, 1.807) is 0 Å². The molecule has 0 spiro atoms. The van der Waals surface area contributed by atoms with Crippen molar-refractivity contribution in [2.24, 2.45) is 0 Å². The molecule has 0 saturated carbocycles. The lowest BCUT2D eigenvalue weighted by Crippen LogP contribution is -2.08.